The van der Waals surface area contributed by atoms with Crippen molar-refractivity contribution < 1.29 is 14.2 Å². The first kappa shape index (κ1) is 24.3. The van der Waals surface area contributed by atoms with E-state index in [2.05, 4.69) is 43.2 Å². The maximum atomic E-state index is 6.55. The topological polar surface area (TPSA) is 84.9 Å². The van der Waals surface area contributed by atoms with Gasteiger partial charge in [0.25, 0.3) is 0 Å². The molecule has 4 heterocycles. The maximum absolute atomic E-state index is 6.55. The lowest BCUT2D eigenvalue weighted by atomic mass is 10.1. The SMILES string of the molecule is CN1CCN(CCOc2cc(OC3CCOCC3)c3c(Nc4ccc5ncsc5c4)ncnc3c2)CC1. The zero-order chi connectivity index (χ0) is 25.0. The van der Waals surface area contributed by atoms with Gasteiger partial charge in [-0.25, -0.2) is 15.0 Å². The Balaban J connectivity index is 1.27. The molecule has 0 spiro atoms. The van der Waals surface area contributed by atoms with Gasteiger partial charge in [0.2, 0.25) is 0 Å². The molecule has 2 saturated heterocycles. The third-order valence-corrected chi connectivity index (χ3v) is 7.80. The van der Waals surface area contributed by atoms with Crippen LogP contribution in [0.2, 0.25) is 0 Å². The highest BCUT2D eigenvalue weighted by molar-refractivity contribution is 7.16. The van der Waals surface area contributed by atoms with Crippen LogP contribution in [-0.4, -0.2) is 90.4 Å². The lowest BCUT2D eigenvalue weighted by molar-refractivity contribution is 0.0261. The number of fused-ring (bicyclic) bond motifs is 2. The van der Waals surface area contributed by atoms with Crippen molar-refractivity contribution in [2.45, 2.75) is 18.9 Å². The van der Waals surface area contributed by atoms with Crippen molar-refractivity contribution in [2.75, 3.05) is 64.9 Å². The van der Waals surface area contributed by atoms with Gasteiger partial charge >= 0.3 is 0 Å². The first-order valence-corrected chi connectivity index (χ1v) is 13.8. The molecular formula is C27H32N6O3S. The molecule has 2 aliphatic rings. The molecule has 1 N–H and O–H groups in total. The lowest BCUT2D eigenvalue weighted by Crippen LogP contribution is -2.45. The van der Waals surface area contributed by atoms with E-state index in [4.69, 9.17) is 14.2 Å². The third kappa shape index (κ3) is 5.77. The molecule has 2 aromatic carbocycles. The molecule has 2 aliphatic heterocycles. The molecule has 2 fully saturated rings. The van der Waals surface area contributed by atoms with Gasteiger partial charge in [-0.05, 0) is 25.2 Å². The standard InChI is InChI=1S/C27H32N6O3S/c1-32-6-8-33(9-7-32)10-13-35-21-15-23-26(24(16-21)36-20-4-11-34-12-5-20)27(29-17-28-23)31-19-2-3-22-25(14-19)37-18-30-22/h2-3,14-18,20H,4-13H2,1H3,(H,28,29,31). The number of benzene rings is 2. The predicted molar refractivity (Wildman–Crippen MR) is 146 cm³/mol. The second kappa shape index (κ2) is 11.1. The van der Waals surface area contributed by atoms with Crippen LogP contribution in [0.4, 0.5) is 11.5 Å². The monoisotopic (exact) mass is 520 g/mol. The third-order valence-electron chi connectivity index (χ3n) is 7.00. The van der Waals surface area contributed by atoms with Crippen LogP contribution in [0, 0.1) is 0 Å². The van der Waals surface area contributed by atoms with Crippen molar-refractivity contribution in [1.29, 1.82) is 0 Å². The Kier molecular flexibility index (Phi) is 7.31. The molecule has 9 nitrogen and oxygen atoms in total. The summed E-state index contributed by atoms with van der Waals surface area (Å²) in [4.78, 5) is 18.4. The van der Waals surface area contributed by atoms with E-state index >= 15 is 0 Å². The van der Waals surface area contributed by atoms with Crippen LogP contribution < -0.4 is 14.8 Å². The quantitative estimate of drug-likeness (QED) is 0.368. The maximum Gasteiger partial charge on any atom is 0.145 e. The van der Waals surface area contributed by atoms with Crippen LogP contribution in [0.15, 0.2) is 42.2 Å². The normalized spacial score (nSPS) is 17.9. The number of hydrogen-bond acceptors (Lipinski definition) is 10. The highest BCUT2D eigenvalue weighted by atomic mass is 32.1. The molecule has 0 unspecified atom stereocenters. The molecule has 6 rings (SSSR count). The summed E-state index contributed by atoms with van der Waals surface area (Å²) < 4.78 is 19.4. The summed E-state index contributed by atoms with van der Waals surface area (Å²) in [7, 11) is 2.17. The summed E-state index contributed by atoms with van der Waals surface area (Å²) in [5.41, 5.74) is 4.58. The molecule has 0 saturated carbocycles. The van der Waals surface area contributed by atoms with Crippen molar-refractivity contribution >= 4 is 44.0 Å². The van der Waals surface area contributed by atoms with Crippen molar-refractivity contribution in [3.05, 3.63) is 42.2 Å². The second-order valence-electron chi connectivity index (χ2n) is 9.62. The smallest absolute Gasteiger partial charge is 0.145 e. The summed E-state index contributed by atoms with van der Waals surface area (Å²) in [6.07, 6.45) is 3.38. The first-order chi connectivity index (χ1) is 18.2. The van der Waals surface area contributed by atoms with Gasteiger partial charge in [-0.15, -0.1) is 11.3 Å². The average Bonchev–Trinajstić information content (AvgIpc) is 3.38. The summed E-state index contributed by atoms with van der Waals surface area (Å²) in [6.45, 7) is 7.29. The van der Waals surface area contributed by atoms with E-state index < -0.39 is 0 Å². The Labute approximate surface area is 220 Å². The van der Waals surface area contributed by atoms with Crippen LogP contribution >= 0.6 is 11.3 Å². The molecule has 0 radical (unpaired) electrons. The highest BCUT2D eigenvalue weighted by Crippen LogP contribution is 2.37. The van der Waals surface area contributed by atoms with E-state index in [9.17, 15) is 0 Å². The van der Waals surface area contributed by atoms with Crippen molar-refractivity contribution in [3.8, 4) is 11.5 Å². The molecule has 2 aromatic heterocycles. The summed E-state index contributed by atoms with van der Waals surface area (Å²) in [6, 6.07) is 10.1. The van der Waals surface area contributed by atoms with Crippen molar-refractivity contribution in [2.24, 2.45) is 0 Å². The van der Waals surface area contributed by atoms with Gasteiger partial charge in [-0.1, -0.05) is 0 Å². The number of piperazine rings is 1. The first-order valence-electron chi connectivity index (χ1n) is 12.9. The molecule has 0 bridgehead atoms. The zero-order valence-corrected chi connectivity index (χ0v) is 21.9. The van der Waals surface area contributed by atoms with Gasteiger partial charge in [0, 0.05) is 63.4 Å². The average molecular weight is 521 g/mol. The van der Waals surface area contributed by atoms with Crippen molar-refractivity contribution in [1.82, 2.24) is 24.8 Å². The van der Waals surface area contributed by atoms with Gasteiger partial charge in [0.1, 0.15) is 36.4 Å². The van der Waals surface area contributed by atoms with E-state index in [1.54, 1.807) is 17.7 Å². The Bertz CT molecular complexity index is 1350. The van der Waals surface area contributed by atoms with E-state index in [1.807, 2.05) is 29.8 Å². The van der Waals surface area contributed by atoms with E-state index in [-0.39, 0.29) is 6.10 Å². The number of ether oxygens (including phenoxy) is 3. The fourth-order valence-electron chi connectivity index (χ4n) is 4.81. The minimum Gasteiger partial charge on any atom is -0.492 e. The summed E-state index contributed by atoms with van der Waals surface area (Å²) in [5, 5.41) is 4.34. The van der Waals surface area contributed by atoms with Crippen LogP contribution in [-0.2, 0) is 4.74 Å². The number of thiazole rings is 1. The van der Waals surface area contributed by atoms with Crippen LogP contribution in [0.25, 0.3) is 21.1 Å². The van der Waals surface area contributed by atoms with Gasteiger partial charge in [0.05, 0.1) is 39.8 Å². The lowest BCUT2D eigenvalue weighted by Gasteiger charge is -2.32. The number of aromatic nitrogens is 3. The van der Waals surface area contributed by atoms with Crippen LogP contribution in [0.1, 0.15) is 12.8 Å². The highest BCUT2D eigenvalue weighted by Gasteiger charge is 2.20. The van der Waals surface area contributed by atoms with E-state index in [0.29, 0.717) is 25.6 Å². The predicted octanol–water partition coefficient (Wildman–Crippen LogP) is 4.17. The van der Waals surface area contributed by atoms with Gasteiger partial charge in [0.15, 0.2) is 0 Å². The number of hydrogen-bond donors (Lipinski definition) is 1. The molecule has 10 heteroatoms. The van der Waals surface area contributed by atoms with Gasteiger partial charge < -0.3 is 24.4 Å². The largest absolute Gasteiger partial charge is 0.492 e. The Morgan fingerprint density at radius 3 is 2.76 bits per heavy atom. The summed E-state index contributed by atoms with van der Waals surface area (Å²) >= 11 is 1.62. The Morgan fingerprint density at radius 1 is 1.03 bits per heavy atom. The Morgan fingerprint density at radius 2 is 1.89 bits per heavy atom. The molecule has 0 amide bonds. The minimum atomic E-state index is 0.0825. The van der Waals surface area contributed by atoms with Crippen molar-refractivity contribution in [3.63, 3.8) is 0 Å². The Hall–Kier alpha value is -3.05. The van der Waals surface area contributed by atoms with Crippen LogP contribution in [0.5, 0.6) is 11.5 Å². The zero-order valence-electron chi connectivity index (χ0n) is 21.1. The number of likely N-dealkylation sites (N-methyl/N-ethyl adjacent to an activating group) is 1. The number of nitrogens with one attached hydrogen (secondary N) is 1. The van der Waals surface area contributed by atoms with Gasteiger partial charge in [-0.3, -0.25) is 4.90 Å². The minimum absolute atomic E-state index is 0.0825. The fourth-order valence-corrected chi connectivity index (χ4v) is 5.52. The summed E-state index contributed by atoms with van der Waals surface area (Å²) in [5.74, 6) is 2.21. The number of anilines is 2. The van der Waals surface area contributed by atoms with E-state index in [1.165, 1.54) is 0 Å². The molecule has 0 atom stereocenters. The fraction of sp³-hybridized carbons (Fsp3) is 0.444. The molecular weight excluding hydrogens is 488 g/mol. The number of rotatable bonds is 8. The van der Waals surface area contributed by atoms with Gasteiger partial charge in [-0.2, -0.15) is 0 Å². The van der Waals surface area contributed by atoms with Crippen LogP contribution in [0.3, 0.4) is 0 Å². The van der Waals surface area contributed by atoms with E-state index in [0.717, 1.165) is 83.9 Å². The second-order valence-corrected chi connectivity index (χ2v) is 10.5. The molecule has 4 aromatic rings. The molecule has 37 heavy (non-hydrogen) atoms. The number of nitrogens with zero attached hydrogens (tertiary/aromatic N) is 5. The molecule has 194 valence electrons. The molecule has 0 aliphatic carbocycles.